The van der Waals surface area contributed by atoms with Crippen molar-refractivity contribution in [1.82, 2.24) is 9.13 Å². The fourth-order valence-corrected chi connectivity index (χ4v) is 3.60. The molecule has 0 atom stereocenters. The predicted octanol–water partition coefficient (Wildman–Crippen LogP) is 4.68. The van der Waals surface area contributed by atoms with Crippen LogP contribution in [0, 0.1) is 5.41 Å². The highest BCUT2D eigenvalue weighted by Gasteiger charge is 2.11. The van der Waals surface area contributed by atoms with Gasteiger partial charge in [-0.25, -0.2) is 0 Å². The fraction of sp³-hybridized carbons (Fsp3) is 0.240. The number of halogens is 1. The molecule has 4 aromatic rings. The Kier molecular flexibility index (Phi) is 8.43. The summed E-state index contributed by atoms with van der Waals surface area (Å²) in [5.41, 5.74) is 2.42. The fourth-order valence-electron chi connectivity index (χ4n) is 3.60. The third-order valence-electron chi connectivity index (χ3n) is 5.26. The summed E-state index contributed by atoms with van der Waals surface area (Å²) in [5, 5.41) is 8.73. The molecule has 0 aliphatic rings. The first-order valence-corrected chi connectivity index (χ1v) is 10.5. The van der Waals surface area contributed by atoms with Crippen LogP contribution in [0.3, 0.4) is 0 Å². The van der Waals surface area contributed by atoms with Gasteiger partial charge in [-0.2, -0.15) is 0 Å². The van der Waals surface area contributed by atoms with Crippen LogP contribution in [0.25, 0.3) is 11.0 Å². The zero-order chi connectivity index (χ0) is 22.3. The Hall–Kier alpha value is -3.39. The molecule has 3 aromatic carbocycles. The van der Waals surface area contributed by atoms with Crippen LogP contribution in [0.1, 0.15) is 0 Å². The summed E-state index contributed by atoms with van der Waals surface area (Å²) >= 11 is 0. The topological polar surface area (TPSA) is 70.6 Å². The normalized spacial score (nSPS) is 10.5. The van der Waals surface area contributed by atoms with E-state index >= 15 is 0 Å². The van der Waals surface area contributed by atoms with Crippen molar-refractivity contribution in [3.8, 4) is 23.0 Å². The quantitative estimate of drug-likeness (QED) is 0.334. The summed E-state index contributed by atoms with van der Waals surface area (Å²) in [4.78, 5) is 0. The van der Waals surface area contributed by atoms with Gasteiger partial charge in [0, 0.05) is 0 Å². The van der Waals surface area contributed by atoms with E-state index in [0.29, 0.717) is 31.9 Å². The van der Waals surface area contributed by atoms with E-state index < -0.39 is 0 Å². The molecular weight excluding hydrogens is 486 g/mol. The Bertz CT molecular complexity index is 1120. The van der Waals surface area contributed by atoms with Crippen molar-refractivity contribution in [3.05, 3.63) is 78.4 Å². The van der Waals surface area contributed by atoms with Gasteiger partial charge >= 0.3 is 0 Å². The number of ether oxygens (including phenoxy) is 4. The average Bonchev–Trinajstić information content (AvgIpc) is 3.11. The van der Waals surface area contributed by atoms with E-state index in [1.165, 1.54) is 0 Å². The molecule has 0 amide bonds. The second-order valence-electron chi connectivity index (χ2n) is 7.16. The standard InChI is InChI=1S/C25H27N3O4.BrH/c1-29-19-7-11-21(12-8-19)31-17-15-27-23-5-3-4-6-24(23)28(25(27)26)16-18-32-22-13-9-20(30-2)10-14-22;/h3-14,26H,15-18H2,1-2H3;1H. The molecule has 0 saturated carbocycles. The van der Waals surface area contributed by atoms with E-state index in [2.05, 4.69) is 0 Å². The Morgan fingerprint density at radius 2 is 0.970 bits per heavy atom. The molecule has 4 rings (SSSR count). The number of nitrogens with one attached hydrogen (secondary N) is 1. The van der Waals surface area contributed by atoms with E-state index in [1.807, 2.05) is 81.9 Å². The van der Waals surface area contributed by atoms with Crippen molar-refractivity contribution >= 4 is 28.0 Å². The first-order chi connectivity index (χ1) is 15.7. The number of hydrogen-bond donors (Lipinski definition) is 1. The Labute approximate surface area is 203 Å². The minimum absolute atomic E-state index is 0. The Morgan fingerprint density at radius 3 is 1.33 bits per heavy atom. The molecule has 0 unspecified atom stereocenters. The van der Waals surface area contributed by atoms with Crippen molar-refractivity contribution in [2.75, 3.05) is 27.4 Å². The van der Waals surface area contributed by atoms with Crippen molar-refractivity contribution in [2.45, 2.75) is 13.1 Å². The number of fused-ring (bicyclic) bond motifs is 1. The maximum absolute atomic E-state index is 8.73. The number of benzene rings is 3. The highest BCUT2D eigenvalue weighted by Crippen LogP contribution is 2.19. The molecule has 0 aliphatic heterocycles. The Balaban J connectivity index is 0.00000306. The third-order valence-corrected chi connectivity index (χ3v) is 5.26. The van der Waals surface area contributed by atoms with Gasteiger partial charge in [0.2, 0.25) is 5.62 Å². The van der Waals surface area contributed by atoms with E-state index in [-0.39, 0.29) is 17.0 Å². The lowest BCUT2D eigenvalue weighted by Crippen LogP contribution is -2.28. The second kappa shape index (κ2) is 11.5. The van der Waals surface area contributed by atoms with E-state index in [1.54, 1.807) is 14.2 Å². The number of aromatic nitrogens is 2. The summed E-state index contributed by atoms with van der Waals surface area (Å²) in [6.07, 6.45) is 0. The molecule has 8 heteroatoms. The number of rotatable bonds is 10. The number of nitrogens with zero attached hydrogens (tertiary/aromatic N) is 2. The molecule has 7 nitrogen and oxygen atoms in total. The second-order valence-corrected chi connectivity index (χ2v) is 7.16. The van der Waals surface area contributed by atoms with Crippen LogP contribution in [0.4, 0.5) is 0 Å². The largest absolute Gasteiger partial charge is 0.497 e. The molecule has 0 spiro atoms. The highest BCUT2D eigenvalue weighted by atomic mass is 79.9. The Morgan fingerprint density at radius 1 is 0.606 bits per heavy atom. The van der Waals surface area contributed by atoms with Gasteiger partial charge in [0.25, 0.3) is 0 Å². The molecule has 1 heterocycles. The van der Waals surface area contributed by atoms with Gasteiger partial charge < -0.3 is 28.1 Å². The molecule has 1 N–H and O–H groups in total. The lowest BCUT2D eigenvalue weighted by molar-refractivity contribution is 0.287. The first-order valence-electron chi connectivity index (χ1n) is 10.5. The van der Waals surface area contributed by atoms with Crippen LogP contribution in [0.2, 0.25) is 0 Å². The van der Waals surface area contributed by atoms with Crippen molar-refractivity contribution in [1.29, 1.82) is 5.41 Å². The lowest BCUT2D eigenvalue weighted by atomic mass is 10.3. The van der Waals surface area contributed by atoms with Gasteiger partial charge in [-0.3, -0.25) is 5.41 Å². The molecule has 174 valence electrons. The van der Waals surface area contributed by atoms with E-state index in [4.69, 9.17) is 24.4 Å². The predicted molar refractivity (Wildman–Crippen MR) is 133 cm³/mol. The van der Waals surface area contributed by atoms with Crippen molar-refractivity contribution in [2.24, 2.45) is 0 Å². The summed E-state index contributed by atoms with van der Waals surface area (Å²) in [6.45, 7) is 2.05. The number of hydrogen-bond acceptors (Lipinski definition) is 5. The maximum Gasteiger partial charge on any atom is 0.203 e. The average molecular weight is 514 g/mol. The molecule has 0 saturated heterocycles. The van der Waals surface area contributed by atoms with Gasteiger partial charge in [-0.15, -0.1) is 17.0 Å². The zero-order valence-electron chi connectivity index (χ0n) is 18.7. The van der Waals surface area contributed by atoms with Crippen molar-refractivity contribution in [3.63, 3.8) is 0 Å². The first kappa shape index (κ1) is 24.3. The SMILES string of the molecule is Br.COc1ccc(OCCn2c(=N)n(CCOc3ccc(OC)cc3)c3ccccc32)cc1. The molecule has 0 radical (unpaired) electrons. The number of imidazole rings is 1. The highest BCUT2D eigenvalue weighted by molar-refractivity contribution is 8.93. The summed E-state index contributed by atoms with van der Waals surface area (Å²) < 4.78 is 26.0. The van der Waals surface area contributed by atoms with E-state index in [9.17, 15) is 0 Å². The summed E-state index contributed by atoms with van der Waals surface area (Å²) in [6, 6.07) is 23.0. The van der Waals surface area contributed by atoms with Crippen LogP contribution in [0.15, 0.2) is 72.8 Å². The van der Waals surface area contributed by atoms with Crippen LogP contribution in [-0.2, 0) is 13.1 Å². The van der Waals surface area contributed by atoms with Crippen LogP contribution >= 0.6 is 17.0 Å². The molecule has 0 aliphatic carbocycles. The number of methoxy groups -OCH3 is 2. The van der Waals surface area contributed by atoms with Gasteiger partial charge in [0.15, 0.2) is 0 Å². The van der Waals surface area contributed by atoms with Crippen molar-refractivity contribution < 1.29 is 18.9 Å². The van der Waals surface area contributed by atoms with Crippen LogP contribution < -0.4 is 24.6 Å². The molecule has 0 bridgehead atoms. The minimum Gasteiger partial charge on any atom is -0.497 e. The summed E-state index contributed by atoms with van der Waals surface area (Å²) in [5.74, 6) is 3.13. The molecule has 33 heavy (non-hydrogen) atoms. The molecule has 1 aromatic heterocycles. The lowest BCUT2D eigenvalue weighted by Gasteiger charge is -2.09. The van der Waals surface area contributed by atoms with Gasteiger partial charge in [-0.1, -0.05) is 12.1 Å². The monoisotopic (exact) mass is 513 g/mol. The van der Waals surface area contributed by atoms with Crippen LogP contribution in [-0.4, -0.2) is 36.6 Å². The molecule has 0 fully saturated rings. The smallest absolute Gasteiger partial charge is 0.203 e. The van der Waals surface area contributed by atoms with E-state index in [0.717, 1.165) is 34.0 Å². The minimum atomic E-state index is 0. The summed E-state index contributed by atoms with van der Waals surface area (Å²) in [7, 11) is 3.28. The van der Waals surface area contributed by atoms with Crippen LogP contribution in [0.5, 0.6) is 23.0 Å². The van der Waals surface area contributed by atoms with Gasteiger partial charge in [-0.05, 0) is 60.7 Å². The molecular formula is C25H28BrN3O4. The zero-order valence-corrected chi connectivity index (χ0v) is 20.4. The third kappa shape index (κ3) is 5.70. The van der Waals surface area contributed by atoms with Gasteiger partial charge in [0.05, 0.1) is 38.3 Å². The van der Waals surface area contributed by atoms with Gasteiger partial charge in [0.1, 0.15) is 36.2 Å². The maximum atomic E-state index is 8.73. The number of para-hydroxylation sites is 2.